The van der Waals surface area contributed by atoms with Gasteiger partial charge >= 0.3 is 0 Å². The molecule has 0 aromatic heterocycles. The highest BCUT2D eigenvalue weighted by atomic mass is 16.5. The highest BCUT2D eigenvalue weighted by Gasteiger charge is 2.25. The van der Waals surface area contributed by atoms with Crippen molar-refractivity contribution in [2.75, 3.05) is 32.4 Å². The number of carbonyl (C=O) groups is 1. The topological polar surface area (TPSA) is 92.0 Å². The fraction of sp³-hybridized carbons (Fsp3) is 0.192. The zero-order valence-electron chi connectivity index (χ0n) is 18.7. The van der Waals surface area contributed by atoms with Gasteiger partial charge in [0.1, 0.15) is 12.2 Å². The SMILES string of the molecule is COc1cc([C@@H]2C=C[C@@H](c3ccc(C(=O)Nc4ccccc4N)cc3)O2)cc(OC)c1OC. The van der Waals surface area contributed by atoms with E-state index in [0.29, 0.717) is 34.2 Å². The van der Waals surface area contributed by atoms with Gasteiger partial charge in [0, 0.05) is 5.56 Å². The van der Waals surface area contributed by atoms with Crippen LogP contribution in [-0.4, -0.2) is 27.2 Å². The second-order valence-corrected chi connectivity index (χ2v) is 7.48. The minimum atomic E-state index is -0.271. The van der Waals surface area contributed by atoms with Gasteiger partial charge in [-0.15, -0.1) is 0 Å². The zero-order valence-corrected chi connectivity index (χ0v) is 18.7. The number of hydrogen-bond donors (Lipinski definition) is 2. The largest absolute Gasteiger partial charge is 0.493 e. The molecule has 1 amide bonds. The van der Waals surface area contributed by atoms with Gasteiger partial charge in [0.05, 0.1) is 32.7 Å². The maximum Gasteiger partial charge on any atom is 0.255 e. The Kier molecular flexibility index (Phi) is 6.51. The lowest BCUT2D eigenvalue weighted by molar-refractivity contribution is 0.0599. The van der Waals surface area contributed by atoms with Crippen LogP contribution in [0.3, 0.4) is 0 Å². The van der Waals surface area contributed by atoms with Crippen LogP contribution >= 0.6 is 0 Å². The first-order valence-corrected chi connectivity index (χ1v) is 10.4. The average Bonchev–Trinajstić information content (AvgIpc) is 3.35. The number of nitrogens with one attached hydrogen (secondary N) is 1. The molecule has 0 spiro atoms. The minimum Gasteiger partial charge on any atom is -0.493 e. The Morgan fingerprint density at radius 2 is 1.45 bits per heavy atom. The van der Waals surface area contributed by atoms with Gasteiger partial charge in [-0.3, -0.25) is 4.79 Å². The summed E-state index contributed by atoms with van der Waals surface area (Å²) >= 11 is 0. The van der Waals surface area contributed by atoms with Crippen molar-refractivity contribution < 1.29 is 23.7 Å². The van der Waals surface area contributed by atoms with Crippen LogP contribution in [0.5, 0.6) is 17.2 Å². The summed E-state index contributed by atoms with van der Waals surface area (Å²) < 4.78 is 22.5. The van der Waals surface area contributed by atoms with E-state index in [1.54, 1.807) is 45.6 Å². The van der Waals surface area contributed by atoms with E-state index in [-0.39, 0.29) is 18.1 Å². The van der Waals surface area contributed by atoms with Crippen molar-refractivity contribution in [3.8, 4) is 17.2 Å². The first-order valence-electron chi connectivity index (χ1n) is 10.4. The van der Waals surface area contributed by atoms with E-state index in [1.807, 2.05) is 48.6 Å². The van der Waals surface area contributed by atoms with Crippen molar-refractivity contribution in [1.82, 2.24) is 0 Å². The third-order valence-corrected chi connectivity index (χ3v) is 5.48. The number of para-hydroxylation sites is 2. The zero-order chi connectivity index (χ0) is 23.4. The normalized spacial score (nSPS) is 16.9. The Morgan fingerprint density at radius 1 is 0.848 bits per heavy atom. The number of rotatable bonds is 7. The number of nitrogens with two attached hydrogens (primary N) is 1. The first kappa shape index (κ1) is 22.2. The van der Waals surface area contributed by atoms with Crippen LogP contribution in [0.4, 0.5) is 11.4 Å². The molecule has 3 aromatic carbocycles. The van der Waals surface area contributed by atoms with E-state index in [2.05, 4.69) is 5.32 Å². The van der Waals surface area contributed by atoms with Crippen LogP contribution in [-0.2, 0) is 4.74 Å². The molecule has 170 valence electrons. The lowest BCUT2D eigenvalue weighted by Gasteiger charge is -2.18. The van der Waals surface area contributed by atoms with Gasteiger partial charge in [-0.1, -0.05) is 36.4 Å². The van der Waals surface area contributed by atoms with E-state index in [9.17, 15) is 4.79 Å². The second-order valence-electron chi connectivity index (χ2n) is 7.48. The Balaban J connectivity index is 1.46. The van der Waals surface area contributed by atoms with Crippen LogP contribution < -0.4 is 25.3 Å². The number of anilines is 2. The van der Waals surface area contributed by atoms with Crippen LogP contribution in [0.25, 0.3) is 0 Å². The summed E-state index contributed by atoms with van der Waals surface area (Å²) in [5.74, 6) is 1.45. The number of ether oxygens (including phenoxy) is 4. The molecule has 7 nitrogen and oxygen atoms in total. The molecule has 0 radical (unpaired) electrons. The fourth-order valence-electron chi connectivity index (χ4n) is 3.72. The molecule has 0 saturated heterocycles. The highest BCUT2D eigenvalue weighted by Crippen LogP contribution is 2.43. The number of amides is 1. The number of methoxy groups -OCH3 is 3. The molecule has 3 N–H and O–H groups in total. The Morgan fingerprint density at radius 3 is 2.03 bits per heavy atom. The van der Waals surface area contributed by atoms with Crippen molar-refractivity contribution in [1.29, 1.82) is 0 Å². The molecule has 0 aliphatic carbocycles. The number of benzene rings is 3. The molecule has 0 saturated carbocycles. The number of nitrogen functional groups attached to an aromatic ring is 1. The molecule has 7 heteroatoms. The van der Waals surface area contributed by atoms with E-state index in [0.717, 1.165) is 11.1 Å². The molecular formula is C26H26N2O5. The Labute approximate surface area is 192 Å². The molecule has 2 atom stereocenters. The molecule has 33 heavy (non-hydrogen) atoms. The minimum absolute atomic E-state index is 0.224. The van der Waals surface area contributed by atoms with Crippen molar-refractivity contribution in [3.05, 3.63) is 89.5 Å². The summed E-state index contributed by atoms with van der Waals surface area (Å²) in [7, 11) is 4.74. The molecular weight excluding hydrogens is 420 g/mol. The molecule has 1 aliphatic heterocycles. The maximum absolute atomic E-state index is 12.6. The Bertz CT molecular complexity index is 1150. The molecule has 3 aromatic rings. The quantitative estimate of drug-likeness (QED) is 0.396. The summed E-state index contributed by atoms with van der Waals surface area (Å²) in [5.41, 5.74) is 9.37. The molecule has 1 heterocycles. The lowest BCUT2D eigenvalue weighted by atomic mass is 10.1. The standard InChI is InChI=1S/C26H26N2O5/c1-30-23-14-18(15-24(31-2)25(23)32-3)22-13-12-21(33-22)16-8-10-17(11-9-16)26(29)28-20-7-5-4-6-19(20)27/h4-15,21-22H,27H2,1-3H3,(H,28,29)/t21-,22-/m0/s1. The summed E-state index contributed by atoms with van der Waals surface area (Å²) in [6.07, 6.45) is 3.47. The second kappa shape index (κ2) is 9.67. The van der Waals surface area contributed by atoms with Gasteiger partial charge in [0.15, 0.2) is 11.5 Å². The highest BCUT2D eigenvalue weighted by molar-refractivity contribution is 6.05. The fourth-order valence-corrected chi connectivity index (χ4v) is 3.72. The van der Waals surface area contributed by atoms with Crippen LogP contribution in [0.15, 0.2) is 72.8 Å². The maximum atomic E-state index is 12.6. The molecule has 4 rings (SSSR count). The van der Waals surface area contributed by atoms with E-state index in [4.69, 9.17) is 24.7 Å². The van der Waals surface area contributed by atoms with E-state index in [1.165, 1.54) is 0 Å². The van der Waals surface area contributed by atoms with Gasteiger partial charge in [-0.05, 0) is 47.5 Å². The van der Waals surface area contributed by atoms with Crippen LogP contribution in [0.2, 0.25) is 0 Å². The number of carbonyl (C=O) groups excluding carboxylic acids is 1. The van der Waals surface area contributed by atoms with Gasteiger partial charge < -0.3 is 30.0 Å². The van der Waals surface area contributed by atoms with Crippen LogP contribution in [0, 0.1) is 0 Å². The molecule has 0 unspecified atom stereocenters. The Hall–Kier alpha value is -3.97. The van der Waals surface area contributed by atoms with Gasteiger partial charge in [-0.25, -0.2) is 0 Å². The predicted octanol–water partition coefficient (Wildman–Crippen LogP) is 4.92. The van der Waals surface area contributed by atoms with Crippen molar-refractivity contribution in [2.45, 2.75) is 12.2 Å². The van der Waals surface area contributed by atoms with E-state index < -0.39 is 0 Å². The van der Waals surface area contributed by atoms with Crippen molar-refractivity contribution in [2.24, 2.45) is 0 Å². The third kappa shape index (κ3) is 4.63. The summed E-state index contributed by atoms with van der Waals surface area (Å²) in [6.45, 7) is 0. The summed E-state index contributed by atoms with van der Waals surface area (Å²) in [4.78, 5) is 12.6. The molecule has 0 bridgehead atoms. The summed E-state index contributed by atoms with van der Waals surface area (Å²) in [5, 5.41) is 2.83. The third-order valence-electron chi connectivity index (χ3n) is 5.48. The van der Waals surface area contributed by atoms with Crippen molar-refractivity contribution >= 4 is 17.3 Å². The molecule has 1 aliphatic rings. The monoisotopic (exact) mass is 446 g/mol. The van der Waals surface area contributed by atoms with Crippen LogP contribution in [0.1, 0.15) is 33.7 Å². The number of hydrogen-bond acceptors (Lipinski definition) is 6. The van der Waals surface area contributed by atoms with Gasteiger partial charge in [0.25, 0.3) is 5.91 Å². The predicted molar refractivity (Wildman–Crippen MR) is 127 cm³/mol. The first-order chi connectivity index (χ1) is 16.0. The van der Waals surface area contributed by atoms with Gasteiger partial charge in [0.2, 0.25) is 5.75 Å². The summed E-state index contributed by atoms with van der Waals surface area (Å²) in [6, 6.07) is 18.2. The molecule has 0 fully saturated rings. The average molecular weight is 447 g/mol. The van der Waals surface area contributed by atoms with Gasteiger partial charge in [-0.2, -0.15) is 0 Å². The smallest absolute Gasteiger partial charge is 0.255 e. The lowest BCUT2D eigenvalue weighted by Crippen LogP contribution is -2.13. The van der Waals surface area contributed by atoms with Crippen molar-refractivity contribution in [3.63, 3.8) is 0 Å². The van der Waals surface area contributed by atoms with E-state index >= 15 is 0 Å².